The van der Waals surface area contributed by atoms with Crippen LogP contribution in [0.3, 0.4) is 0 Å². The van der Waals surface area contributed by atoms with E-state index in [0.29, 0.717) is 0 Å². The van der Waals surface area contributed by atoms with E-state index in [1.54, 1.807) is 0 Å². The molecular weight excluding hydrogens is 294 g/mol. The SMILES string of the molecule is C#C[C@]1(CO)OC(n2cnc3c(=O)[nH]c(N)nc32)=C(O)C1O. The highest BCUT2D eigenvalue weighted by atomic mass is 16.6. The third-order valence-electron chi connectivity index (χ3n) is 3.32. The van der Waals surface area contributed by atoms with E-state index in [9.17, 15) is 20.1 Å². The molecule has 0 aromatic carbocycles. The van der Waals surface area contributed by atoms with Gasteiger partial charge in [0.2, 0.25) is 17.4 Å². The minimum Gasteiger partial charge on any atom is -0.505 e. The molecule has 3 heterocycles. The lowest BCUT2D eigenvalue weighted by molar-refractivity contribution is -0.0355. The van der Waals surface area contributed by atoms with E-state index in [1.165, 1.54) is 0 Å². The number of nitrogens with one attached hydrogen (secondary N) is 1. The maximum atomic E-state index is 11.7. The molecule has 1 unspecified atom stereocenters. The number of aliphatic hydroxyl groups excluding tert-OH is 3. The summed E-state index contributed by atoms with van der Waals surface area (Å²) in [5.74, 6) is 1.03. The lowest BCUT2D eigenvalue weighted by atomic mass is 9.99. The number of nitrogens with two attached hydrogens (primary N) is 1. The van der Waals surface area contributed by atoms with E-state index in [2.05, 4.69) is 20.9 Å². The van der Waals surface area contributed by atoms with E-state index < -0.39 is 29.6 Å². The molecule has 0 saturated carbocycles. The molecular formula is C12H11N5O5. The molecule has 0 bridgehead atoms. The van der Waals surface area contributed by atoms with Crippen LogP contribution in [0.4, 0.5) is 5.95 Å². The Morgan fingerprint density at radius 1 is 1.64 bits per heavy atom. The second-order valence-electron chi connectivity index (χ2n) is 4.62. The minimum absolute atomic E-state index is 0.000705. The number of ether oxygens (including phenoxy) is 1. The molecule has 2 atom stereocenters. The maximum absolute atomic E-state index is 11.7. The normalized spacial score (nSPS) is 24.5. The van der Waals surface area contributed by atoms with Gasteiger partial charge in [0.25, 0.3) is 5.56 Å². The molecule has 2 aromatic heterocycles. The molecule has 0 spiro atoms. The van der Waals surface area contributed by atoms with Gasteiger partial charge in [0.05, 0.1) is 6.61 Å². The quantitative estimate of drug-likeness (QED) is 0.404. The van der Waals surface area contributed by atoms with Crippen molar-refractivity contribution < 1.29 is 20.1 Å². The summed E-state index contributed by atoms with van der Waals surface area (Å²) in [4.78, 5) is 21.7. The van der Waals surface area contributed by atoms with Crippen LogP contribution in [0, 0.1) is 12.3 Å². The fourth-order valence-electron chi connectivity index (χ4n) is 2.14. The van der Waals surface area contributed by atoms with Crippen molar-refractivity contribution in [3.8, 4) is 12.3 Å². The number of imidazole rings is 1. The number of aliphatic hydroxyl groups is 3. The first-order valence-corrected chi connectivity index (χ1v) is 6.05. The number of aromatic amines is 1. The number of nitrogens with zero attached hydrogens (tertiary/aromatic N) is 3. The van der Waals surface area contributed by atoms with E-state index in [1.807, 2.05) is 0 Å². The number of terminal acetylenes is 1. The number of hydrogen-bond donors (Lipinski definition) is 5. The molecule has 2 aromatic rings. The summed E-state index contributed by atoms with van der Waals surface area (Å²) in [6.07, 6.45) is 4.76. The lowest BCUT2D eigenvalue weighted by Gasteiger charge is -2.24. The van der Waals surface area contributed by atoms with Crippen LogP contribution in [0.1, 0.15) is 0 Å². The number of hydrogen-bond acceptors (Lipinski definition) is 8. The summed E-state index contributed by atoms with van der Waals surface area (Å²) in [7, 11) is 0. The number of nitrogen functional groups attached to an aromatic ring is 1. The molecule has 0 amide bonds. The first-order valence-electron chi connectivity index (χ1n) is 6.05. The third-order valence-corrected chi connectivity index (χ3v) is 3.32. The van der Waals surface area contributed by atoms with Gasteiger partial charge in [-0.1, -0.05) is 5.92 Å². The van der Waals surface area contributed by atoms with Gasteiger partial charge < -0.3 is 25.8 Å². The van der Waals surface area contributed by atoms with Crippen LogP contribution >= 0.6 is 0 Å². The molecule has 0 saturated heterocycles. The highest BCUT2D eigenvalue weighted by Gasteiger charge is 2.49. The molecule has 1 aliphatic heterocycles. The first kappa shape index (κ1) is 13.9. The van der Waals surface area contributed by atoms with Gasteiger partial charge in [-0.3, -0.25) is 9.78 Å². The first-order chi connectivity index (χ1) is 10.4. The summed E-state index contributed by atoms with van der Waals surface area (Å²) in [6.45, 7) is -0.735. The van der Waals surface area contributed by atoms with Gasteiger partial charge in [-0.2, -0.15) is 4.98 Å². The Morgan fingerprint density at radius 3 is 2.95 bits per heavy atom. The van der Waals surface area contributed by atoms with Crippen LogP contribution in [0.5, 0.6) is 0 Å². The highest BCUT2D eigenvalue weighted by Crippen LogP contribution is 2.35. The zero-order chi connectivity index (χ0) is 16.1. The predicted molar refractivity (Wildman–Crippen MR) is 74.1 cm³/mol. The van der Waals surface area contributed by atoms with Crippen LogP contribution in [0.25, 0.3) is 17.0 Å². The Balaban J connectivity index is 2.21. The molecule has 1 aliphatic rings. The molecule has 114 valence electrons. The van der Waals surface area contributed by atoms with Crippen molar-refractivity contribution in [2.45, 2.75) is 11.7 Å². The fourth-order valence-corrected chi connectivity index (χ4v) is 2.14. The maximum Gasteiger partial charge on any atom is 0.280 e. The van der Waals surface area contributed by atoms with E-state index in [0.717, 1.165) is 10.9 Å². The second kappa shape index (κ2) is 4.48. The van der Waals surface area contributed by atoms with Crippen LogP contribution in [-0.4, -0.2) is 53.2 Å². The molecule has 10 heteroatoms. The topological polar surface area (TPSA) is 160 Å². The zero-order valence-corrected chi connectivity index (χ0v) is 11.0. The predicted octanol–water partition coefficient (Wildman–Crippen LogP) is -1.86. The van der Waals surface area contributed by atoms with Gasteiger partial charge in [0.1, 0.15) is 6.33 Å². The van der Waals surface area contributed by atoms with Crippen molar-refractivity contribution in [3.05, 3.63) is 22.4 Å². The standard InChI is InChI=1S/C12H11N5O5/c1-2-12(3-18)7(20)6(19)10(22-12)17-4-14-5-8(17)15-11(13)16-9(5)21/h1,4,7,18-20H,3H2,(H3,13,15,16,21)/t7?,12-/m1/s1. The Morgan fingerprint density at radius 2 is 2.36 bits per heavy atom. The van der Waals surface area contributed by atoms with Crippen LogP contribution < -0.4 is 11.3 Å². The van der Waals surface area contributed by atoms with Crippen molar-refractivity contribution in [1.29, 1.82) is 0 Å². The van der Waals surface area contributed by atoms with Crippen LogP contribution in [0.15, 0.2) is 16.9 Å². The lowest BCUT2D eigenvalue weighted by Crippen LogP contribution is -2.43. The van der Waals surface area contributed by atoms with E-state index in [4.69, 9.17) is 16.9 Å². The summed E-state index contributed by atoms with van der Waals surface area (Å²) < 4.78 is 6.43. The van der Waals surface area contributed by atoms with Gasteiger partial charge in [-0.15, -0.1) is 6.42 Å². The van der Waals surface area contributed by atoms with Crippen molar-refractivity contribution >= 4 is 23.0 Å². The molecule has 10 nitrogen and oxygen atoms in total. The van der Waals surface area contributed by atoms with Gasteiger partial charge in [0, 0.05) is 0 Å². The number of anilines is 1. The zero-order valence-electron chi connectivity index (χ0n) is 11.0. The second-order valence-corrected chi connectivity index (χ2v) is 4.62. The molecule has 22 heavy (non-hydrogen) atoms. The minimum atomic E-state index is -1.83. The van der Waals surface area contributed by atoms with Crippen molar-refractivity contribution in [2.24, 2.45) is 0 Å². The summed E-state index contributed by atoms with van der Waals surface area (Å²) in [5.41, 5.74) is 3.02. The average molecular weight is 305 g/mol. The van der Waals surface area contributed by atoms with Gasteiger partial charge in [-0.25, -0.2) is 9.55 Å². The number of H-pyrrole nitrogens is 1. The summed E-state index contributed by atoms with van der Waals surface area (Å²) in [5, 5.41) is 29.3. The van der Waals surface area contributed by atoms with Gasteiger partial charge in [0.15, 0.2) is 23.0 Å². The van der Waals surface area contributed by atoms with Gasteiger partial charge in [-0.05, 0) is 0 Å². The molecule has 0 aliphatic carbocycles. The Labute approximate surface area is 122 Å². The number of rotatable bonds is 2. The fraction of sp³-hybridized carbons (Fsp3) is 0.250. The molecule has 0 fully saturated rings. The molecule has 6 N–H and O–H groups in total. The smallest absolute Gasteiger partial charge is 0.280 e. The highest BCUT2D eigenvalue weighted by molar-refractivity contribution is 5.75. The number of fused-ring (bicyclic) bond motifs is 1. The Bertz CT molecular complexity index is 891. The number of aromatic nitrogens is 4. The molecule has 0 radical (unpaired) electrons. The monoisotopic (exact) mass is 305 g/mol. The molecule has 3 rings (SSSR count). The van der Waals surface area contributed by atoms with Crippen molar-refractivity contribution in [3.63, 3.8) is 0 Å². The Hall–Kier alpha value is -3.03. The Kier molecular flexibility index (Phi) is 2.84. The van der Waals surface area contributed by atoms with E-state index in [-0.39, 0.29) is 23.0 Å². The average Bonchev–Trinajstić information content (AvgIpc) is 3.01. The van der Waals surface area contributed by atoms with Gasteiger partial charge >= 0.3 is 0 Å². The van der Waals surface area contributed by atoms with Crippen LogP contribution in [0.2, 0.25) is 0 Å². The largest absolute Gasteiger partial charge is 0.505 e. The third kappa shape index (κ3) is 1.67. The summed E-state index contributed by atoms with van der Waals surface area (Å²) in [6, 6.07) is 0. The van der Waals surface area contributed by atoms with Crippen molar-refractivity contribution in [2.75, 3.05) is 12.3 Å². The van der Waals surface area contributed by atoms with E-state index >= 15 is 0 Å². The summed E-state index contributed by atoms with van der Waals surface area (Å²) >= 11 is 0. The van der Waals surface area contributed by atoms with Crippen molar-refractivity contribution in [1.82, 2.24) is 19.5 Å². The van der Waals surface area contributed by atoms with Crippen LogP contribution in [-0.2, 0) is 4.74 Å².